The highest BCUT2D eigenvalue weighted by Gasteiger charge is 2.19. The van der Waals surface area contributed by atoms with Gasteiger partial charge >= 0.3 is 0 Å². The molecule has 1 unspecified atom stereocenters. The van der Waals surface area contributed by atoms with Crippen LogP contribution in [0.3, 0.4) is 0 Å². The second-order valence-corrected chi connectivity index (χ2v) is 4.10. The molecule has 0 aromatic carbocycles. The number of rotatable bonds is 1. The molecule has 1 fully saturated rings. The topological polar surface area (TPSA) is 37.8 Å². The summed E-state index contributed by atoms with van der Waals surface area (Å²) in [6.07, 6.45) is 4.07. The Hall–Kier alpha value is -0.670. The zero-order valence-electron chi connectivity index (χ0n) is 8.26. The van der Waals surface area contributed by atoms with Crippen LogP contribution in [-0.4, -0.2) is 23.1 Å². The van der Waals surface area contributed by atoms with Crippen molar-refractivity contribution in [3.05, 3.63) is 22.7 Å². The minimum absolute atomic E-state index is 0.456. The molecule has 0 aliphatic carbocycles. The molecule has 4 heteroatoms. The summed E-state index contributed by atoms with van der Waals surface area (Å²) in [5, 5.41) is 4.06. The van der Waals surface area contributed by atoms with E-state index in [9.17, 15) is 0 Å². The molecule has 1 atom stereocenters. The number of aryl methyl sites for hydroxylation is 1. The van der Waals surface area contributed by atoms with E-state index in [1.54, 1.807) is 6.20 Å². The second kappa shape index (κ2) is 4.24. The van der Waals surface area contributed by atoms with E-state index in [-0.39, 0.29) is 0 Å². The molecule has 1 aromatic rings. The van der Waals surface area contributed by atoms with Crippen LogP contribution < -0.4 is 5.32 Å². The third-order valence-electron chi connectivity index (χ3n) is 2.58. The van der Waals surface area contributed by atoms with Crippen molar-refractivity contribution in [3.63, 3.8) is 0 Å². The van der Waals surface area contributed by atoms with Crippen molar-refractivity contribution in [2.24, 2.45) is 0 Å². The largest absolute Gasteiger partial charge is 0.316 e. The van der Waals surface area contributed by atoms with Gasteiger partial charge in [0.25, 0.3) is 0 Å². The van der Waals surface area contributed by atoms with Gasteiger partial charge in [0, 0.05) is 18.7 Å². The average molecular weight is 212 g/mol. The van der Waals surface area contributed by atoms with Gasteiger partial charge in [0.1, 0.15) is 5.82 Å². The molecule has 2 rings (SSSR count). The first-order chi connectivity index (χ1) is 6.77. The lowest BCUT2D eigenvalue weighted by atomic mass is 9.96. The van der Waals surface area contributed by atoms with Gasteiger partial charge in [0.15, 0.2) is 0 Å². The number of aromatic nitrogens is 2. The quantitative estimate of drug-likeness (QED) is 0.771. The van der Waals surface area contributed by atoms with Crippen molar-refractivity contribution in [1.82, 2.24) is 15.3 Å². The lowest BCUT2D eigenvalue weighted by Gasteiger charge is -2.22. The van der Waals surface area contributed by atoms with Gasteiger partial charge in [0.2, 0.25) is 0 Å². The molecule has 76 valence electrons. The van der Waals surface area contributed by atoms with Gasteiger partial charge < -0.3 is 5.32 Å². The summed E-state index contributed by atoms with van der Waals surface area (Å²) < 4.78 is 0. The van der Waals surface area contributed by atoms with Gasteiger partial charge in [-0.3, -0.25) is 0 Å². The van der Waals surface area contributed by atoms with Crippen molar-refractivity contribution in [1.29, 1.82) is 0 Å². The maximum absolute atomic E-state index is 6.08. The highest BCUT2D eigenvalue weighted by Crippen LogP contribution is 2.26. The van der Waals surface area contributed by atoms with E-state index in [2.05, 4.69) is 15.3 Å². The smallest absolute Gasteiger partial charge is 0.125 e. The Bertz CT molecular complexity index is 321. The zero-order valence-corrected chi connectivity index (χ0v) is 9.01. The van der Waals surface area contributed by atoms with E-state index >= 15 is 0 Å². The summed E-state index contributed by atoms with van der Waals surface area (Å²) in [7, 11) is 0. The van der Waals surface area contributed by atoms with Crippen LogP contribution in [0, 0.1) is 6.92 Å². The number of nitrogens with zero attached hydrogens (tertiary/aromatic N) is 2. The molecule has 3 nitrogen and oxygen atoms in total. The fraction of sp³-hybridized carbons (Fsp3) is 0.600. The number of hydrogen-bond acceptors (Lipinski definition) is 3. The first kappa shape index (κ1) is 9.87. The fourth-order valence-electron chi connectivity index (χ4n) is 1.84. The van der Waals surface area contributed by atoms with Gasteiger partial charge in [-0.25, -0.2) is 9.97 Å². The number of piperidine rings is 1. The second-order valence-electron chi connectivity index (χ2n) is 3.69. The first-order valence-electron chi connectivity index (χ1n) is 4.97. The Morgan fingerprint density at radius 2 is 2.43 bits per heavy atom. The fourth-order valence-corrected chi connectivity index (χ4v) is 2.09. The molecule has 1 aliphatic heterocycles. The summed E-state index contributed by atoms with van der Waals surface area (Å²) in [5.74, 6) is 1.26. The SMILES string of the molecule is Cc1ncc(Cl)c(C2CCCNC2)n1. The van der Waals surface area contributed by atoms with Crippen LogP contribution in [0.1, 0.15) is 30.3 Å². The molecule has 1 N–H and O–H groups in total. The molecular formula is C10H14ClN3. The van der Waals surface area contributed by atoms with Crippen LogP contribution in [0.5, 0.6) is 0 Å². The Balaban J connectivity index is 2.24. The van der Waals surface area contributed by atoms with E-state index in [0.29, 0.717) is 10.9 Å². The minimum Gasteiger partial charge on any atom is -0.316 e. The Labute approximate surface area is 88.9 Å². The highest BCUT2D eigenvalue weighted by atomic mass is 35.5. The van der Waals surface area contributed by atoms with Crippen LogP contribution in [0.25, 0.3) is 0 Å². The number of hydrogen-bond donors (Lipinski definition) is 1. The zero-order chi connectivity index (χ0) is 9.97. The predicted octanol–water partition coefficient (Wildman–Crippen LogP) is 1.91. The number of nitrogens with one attached hydrogen (secondary N) is 1. The lowest BCUT2D eigenvalue weighted by Crippen LogP contribution is -2.29. The lowest BCUT2D eigenvalue weighted by molar-refractivity contribution is 0.453. The molecular weight excluding hydrogens is 198 g/mol. The van der Waals surface area contributed by atoms with E-state index in [4.69, 9.17) is 11.6 Å². The van der Waals surface area contributed by atoms with Gasteiger partial charge in [-0.05, 0) is 26.3 Å². The van der Waals surface area contributed by atoms with Gasteiger partial charge in [-0.2, -0.15) is 0 Å². The average Bonchev–Trinajstić information content (AvgIpc) is 2.23. The van der Waals surface area contributed by atoms with E-state index in [1.165, 1.54) is 12.8 Å². The van der Waals surface area contributed by atoms with E-state index in [1.807, 2.05) is 6.92 Å². The Kier molecular flexibility index (Phi) is 2.99. The van der Waals surface area contributed by atoms with E-state index < -0.39 is 0 Å². The normalized spacial score (nSPS) is 22.3. The summed E-state index contributed by atoms with van der Waals surface area (Å²) in [6, 6.07) is 0. The Morgan fingerprint density at radius 1 is 1.57 bits per heavy atom. The van der Waals surface area contributed by atoms with E-state index in [0.717, 1.165) is 24.6 Å². The molecule has 0 radical (unpaired) electrons. The van der Waals surface area contributed by atoms with Crippen molar-refractivity contribution < 1.29 is 0 Å². The molecule has 14 heavy (non-hydrogen) atoms. The van der Waals surface area contributed by atoms with Crippen molar-refractivity contribution in [3.8, 4) is 0 Å². The van der Waals surface area contributed by atoms with Crippen molar-refractivity contribution >= 4 is 11.6 Å². The maximum atomic E-state index is 6.08. The highest BCUT2D eigenvalue weighted by molar-refractivity contribution is 6.31. The summed E-state index contributed by atoms with van der Waals surface area (Å²) >= 11 is 6.08. The van der Waals surface area contributed by atoms with Crippen LogP contribution in [0.4, 0.5) is 0 Å². The predicted molar refractivity (Wildman–Crippen MR) is 56.6 cm³/mol. The molecule has 1 aliphatic rings. The first-order valence-corrected chi connectivity index (χ1v) is 5.35. The van der Waals surface area contributed by atoms with Crippen LogP contribution >= 0.6 is 11.6 Å². The minimum atomic E-state index is 0.456. The van der Waals surface area contributed by atoms with Crippen molar-refractivity contribution in [2.75, 3.05) is 13.1 Å². The molecule has 0 amide bonds. The molecule has 0 spiro atoms. The van der Waals surface area contributed by atoms with Gasteiger partial charge in [-0.15, -0.1) is 0 Å². The van der Waals surface area contributed by atoms with Crippen molar-refractivity contribution in [2.45, 2.75) is 25.7 Å². The number of halogens is 1. The summed E-state index contributed by atoms with van der Waals surface area (Å²) in [4.78, 5) is 8.48. The summed E-state index contributed by atoms with van der Waals surface area (Å²) in [6.45, 7) is 3.99. The summed E-state index contributed by atoms with van der Waals surface area (Å²) in [5.41, 5.74) is 1.01. The maximum Gasteiger partial charge on any atom is 0.125 e. The molecule has 2 heterocycles. The molecule has 0 saturated carbocycles. The third kappa shape index (κ3) is 2.04. The monoisotopic (exact) mass is 211 g/mol. The van der Waals surface area contributed by atoms with Gasteiger partial charge in [0.05, 0.1) is 10.7 Å². The van der Waals surface area contributed by atoms with Crippen LogP contribution in [-0.2, 0) is 0 Å². The third-order valence-corrected chi connectivity index (χ3v) is 2.87. The Morgan fingerprint density at radius 3 is 3.14 bits per heavy atom. The molecule has 1 saturated heterocycles. The standard InChI is InChI=1S/C10H14ClN3/c1-7-13-6-9(11)10(14-7)8-3-2-4-12-5-8/h6,8,12H,2-5H2,1H3. The van der Waals surface area contributed by atoms with Crippen LogP contribution in [0.15, 0.2) is 6.20 Å². The van der Waals surface area contributed by atoms with Gasteiger partial charge in [-0.1, -0.05) is 11.6 Å². The van der Waals surface area contributed by atoms with Crippen LogP contribution in [0.2, 0.25) is 5.02 Å². The molecule has 1 aromatic heterocycles. The molecule has 0 bridgehead atoms.